The minimum absolute atomic E-state index is 0.272. The number of alkyl carbamates (subject to hydrolysis) is 1. The summed E-state index contributed by atoms with van der Waals surface area (Å²) < 4.78 is 5.18. The first-order valence-corrected chi connectivity index (χ1v) is 7.12. The van der Waals surface area contributed by atoms with Crippen LogP contribution in [0.2, 0.25) is 0 Å². The molecule has 0 aliphatic heterocycles. The average molecular weight is 301 g/mol. The highest BCUT2D eigenvalue weighted by Gasteiger charge is 2.24. The number of amides is 1. The molecular weight excluding hydrogens is 274 g/mol. The topological polar surface area (TPSA) is 77.0 Å². The molecule has 0 aromatic heterocycles. The van der Waals surface area contributed by atoms with Crippen LogP contribution in [0.5, 0.6) is 0 Å². The largest absolute Gasteiger partial charge is 0.444 e. The van der Waals surface area contributed by atoms with Gasteiger partial charge in [-0.2, -0.15) is 4.89 Å². The number of aliphatic hydroxyl groups is 1. The normalized spacial score (nSPS) is 13.9. The van der Waals surface area contributed by atoms with E-state index in [-0.39, 0.29) is 5.92 Å². The van der Waals surface area contributed by atoms with Gasteiger partial charge >= 0.3 is 6.09 Å². The van der Waals surface area contributed by atoms with Gasteiger partial charge in [0.05, 0.1) is 12.6 Å². The Hall–Kier alpha value is -1.45. The van der Waals surface area contributed by atoms with Crippen molar-refractivity contribution in [3.05, 3.63) is 0 Å². The zero-order valence-corrected chi connectivity index (χ0v) is 13.7. The van der Waals surface area contributed by atoms with Crippen LogP contribution in [0, 0.1) is 17.9 Å². The van der Waals surface area contributed by atoms with Crippen LogP contribution in [0.3, 0.4) is 0 Å². The molecule has 1 unspecified atom stereocenters. The van der Waals surface area contributed by atoms with E-state index >= 15 is 0 Å². The maximum Gasteiger partial charge on any atom is 0.407 e. The Morgan fingerprint density at radius 1 is 1.33 bits per heavy atom. The van der Waals surface area contributed by atoms with Crippen molar-refractivity contribution in [2.75, 3.05) is 6.61 Å². The Bertz CT molecular complexity index is 364. The number of aliphatic hydroxyl groups excluding tert-OH is 1. The van der Waals surface area contributed by atoms with Gasteiger partial charge in [-0.3, -0.25) is 4.89 Å². The fourth-order valence-electron chi connectivity index (χ4n) is 1.51. The van der Waals surface area contributed by atoms with Crippen LogP contribution in [-0.2, 0) is 14.5 Å². The van der Waals surface area contributed by atoms with Crippen LogP contribution in [0.1, 0.15) is 48.0 Å². The molecule has 0 aromatic carbocycles. The first kappa shape index (κ1) is 19.6. The smallest absolute Gasteiger partial charge is 0.407 e. The van der Waals surface area contributed by atoms with Gasteiger partial charge in [-0.1, -0.05) is 13.8 Å². The van der Waals surface area contributed by atoms with Gasteiger partial charge in [-0.15, -0.1) is 0 Å². The van der Waals surface area contributed by atoms with Crippen molar-refractivity contribution in [3.8, 4) is 12.0 Å². The van der Waals surface area contributed by atoms with E-state index in [0.717, 1.165) is 0 Å². The van der Waals surface area contributed by atoms with E-state index < -0.39 is 23.8 Å². The molecule has 0 aliphatic rings. The SMILES string of the molecule is CCOOC#CC(O)[C@H](CC(C)C)NC(=O)OC(C)(C)C. The van der Waals surface area contributed by atoms with E-state index in [2.05, 4.69) is 27.1 Å². The molecule has 0 radical (unpaired) electrons. The van der Waals surface area contributed by atoms with Crippen molar-refractivity contribution >= 4 is 6.09 Å². The summed E-state index contributed by atoms with van der Waals surface area (Å²) in [6.07, 6.45) is 1.15. The van der Waals surface area contributed by atoms with Crippen LogP contribution in [0.15, 0.2) is 0 Å². The van der Waals surface area contributed by atoms with Crippen LogP contribution in [0.4, 0.5) is 4.79 Å². The lowest BCUT2D eigenvalue weighted by Crippen LogP contribution is -2.45. The molecule has 0 saturated carbocycles. The lowest BCUT2D eigenvalue weighted by molar-refractivity contribution is -0.232. The fraction of sp³-hybridized carbons (Fsp3) is 0.800. The lowest BCUT2D eigenvalue weighted by Gasteiger charge is -2.25. The average Bonchev–Trinajstić information content (AvgIpc) is 2.30. The molecule has 0 rings (SSSR count). The highest BCUT2D eigenvalue weighted by molar-refractivity contribution is 5.68. The van der Waals surface area contributed by atoms with Crippen molar-refractivity contribution < 1.29 is 24.4 Å². The molecule has 6 nitrogen and oxygen atoms in total. The molecule has 0 aliphatic carbocycles. The maximum absolute atomic E-state index is 11.8. The van der Waals surface area contributed by atoms with Gasteiger partial charge in [-0.05, 0) is 46.0 Å². The van der Waals surface area contributed by atoms with Gasteiger partial charge in [0.15, 0.2) is 6.11 Å². The summed E-state index contributed by atoms with van der Waals surface area (Å²) in [6.45, 7) is 11.4. The monoisotopic (exact) mass is 301 g/mol. The molecular formula is C15H27NO5. The third-order valence-corrected chi connectivity index (χ3v) is 2.23. The highest BCUT2D eigenvalue weighted by Crippen LogP contribution is 2.11. The Labute approximate surface area is 127 Å². The van der Waals surface area contributed by atoms with Gasteiger partial charge in [0.25, 0.3) is 0 Å². The molecule has 21 heavy (non-hydrogen) atoms. The van der Waals surface area contributed by atoms with Crippen LogP contribution in [0.25, 0.3) is 0 Å². The Morgan fingerprint density at radius 2 is 1.95 bits per heavy atom. The van der Waals surface area contributed by atoms with E-state index in [1.54, 1.807) is 27.7 Å². The van der Waals surface area contributed by atoms with E-state index in [1.165, 1.54) is 0 Å². The second-order valence-corrected chi connectivity index (χ2v) is 6.06. The second kappa shape index (κ2) is 9.48. The molecule has 2 atom stereocenters. The summed E-state index contributed by atoms with van der Waals surface area (Å²) >= 11 is 0. The summed E-state index contributed by atoms with van der Waals surface area (Å²) in [6, 6.07) is -0.544. The van der Waals surface area contributed by atoms with Crippen LogP contribution >= 0.6 is 0 Å². The molecule has 0 aromatic rings. The number of ether oxygens (including phenoxy) is 1. The summed E-state index contributed by atoms with van der Waals surface area (Å²) in [5.41, 5.74) is -0.596. The highest BCUT2D eigenvalue weighted by atomic mass is 17.2. The summed E-state index contributed by atoms with van der Waals surface area (Å²) in [5.74, 6) is 2.75. The molecule has 122 valence electrons. The van der Waals surface area contributed by atoms with Gasteiger partial charge in [-0.25, -0.2) is 4.79 Å². The Morgan fingerprint density at radius 3 is 2.43 bits per heavy atom. The first-order valence-electron chi connectivity index (χ1n) is 7.12. The van der Waals surface area contributed by atoms with Gasteiger partial charge < -0.3 is 15.2 Å². The summed E-state index contributed by atoms with van der Waals surface area (Å²) in [4.78, 5) is 20.9. The molecule has 6 heteroatoms. The van der Waals surface area contributed by atoms with Crippen LogP contribution in [-0.4, -0.2) is 35.6 Å². The predicted molar refractivity (Wildman–Crippen MR) is 79.1 cm³/mol. The van der Waals surface area contributed by atoms with Gasteiger partial charge in [0.1, 0.15) is 11.7 Å². The minimum Gasteiger partial charge on any atom is -0.444 e. The number of carbonyl (C=O) groups is 1. The molecule has 2 N–H and O–H groups in total. The van der Waals surface area contributed by atoms with Crippen molar-refractivity contribution in [3.63, 3.8) is 0 Å². The predicted octanol–water partition coefficient (Wildman–Crippen LogP) is 2.22. The maximum atomic E-state index is 11.8. The van der Waals surface area contributed by atoms with Crippen molar-refractivity contribution in [1.29, 1.82) is 0 Å². The number of hydrogen-bond acceptors (Lipinski definition) is 5. The standard InChI is InChI=1S/C15H27NO5/c1-7-19-20-9-8-13(17)12(10-11(2)3)16-14(18)21-15(4,5)6/h11-13,17H,7,10H2,1-6H3,(H,16,18)/t12-,13?/m0/s1. The molecule has 0 fully saturated rings. The molecule has 0 bridgehead atoms. The molecule has 1 amide bonds. The van der Waals surface area contributed by atoms with E-state index in [9.17, 15) is 9.90 Å². The van der Waals surface area contributed by atoms with E-state index in [0.29, 0.717) is 13.0 Å². The fourth-order valence-corrected chi connectivity index (χ4v) is 1.51. The van der Waals surface area contributed by atoms with Gasteiger partial charge in [0.2, 0.25) is 0 Å². The molecule has 0 spiro atoms. The van der Waals surface area contributed by atoms with Crippen molar-refractivity contribution in [2.45, 2.75) is 65.7 Å². The third-order valence-electron chi connectivity index (χ3n) is 2.23. The number of rotatable bonds is 6. The molecule has 0 saturated heterocycles. The number of nitrogens with one attached hydrogen (secondary N) is 1. The quantitative estimate of drug-likeness (QED) is 0.340. The Balaban J connectivity index is 4.62. The first-order chi connectivity index (χ1) is 9.65. The van der Waals surface area contributed by atoms with Crippen molar-refractivity contribution in [2.24, 2.45) is 5.92 Å². The molecule has 0 heterocycles. The summed E-state index contributed by atoms with van der Waals surface area (Å²) in [7, 11) is 0. The van der Waals surface area contributed by atoms with E-state index in [1.807, 2.05) is 13.8 Å². The number of hydrogen-bond donors (Lipinski definition) is 2. The summed E-state index contributed by atoms with van der Waals surface area (Å²) in [5, 5.41) is 12.7. The number of carbonyl (C=O) groups excluding carboxylic acids is 1. The second-order valence-electron chi connectivity index (χ2n) is 6.06. The van der Waals surface area contributed by atoms with E-state index in [4.69, 9.17) is 4.74 Å². The zero-order valence-electron chi connectivity index (χ0n) is 13.7. The lowest BCUT2D eigenvalue weighted by atomic mass is 9.99. The zero-order chi connectivity index (χ0) is 16.5. The minimum atomic E-state index is -1.07. The van der Waals surface area contributed by atoms with Crippen molar-refractivity contribution in [1.82, 2.24) is 5.32 Å². The van der Waals surface area contributed by atoms with Gasteiger partial charge in [0, 0.05) is 0 Å². The Kier molecular flexibility index (Phi) is 8.83. The third kappa shape index (κ3) is 10.9. The van der Waals surface area contributed by atoms with Crippen LogP contribution < -0.4 is 5.32 Å².